The minimum atomic E-state index is 0.465. The maximum atomic E-state index is 5.72. The second-order valence-electron chi connectivity index (χ2n) is 5.41. The van der Waals surface area contributed by atoms with Gasteiger partial charge in [0, 0.05) is 28.4 Å². The highest BCUT2D eigenvalue weighted by molar-refractivity contribution is 7.11. The molecule has 2 nitrogen and oxygen atoms in total. The van der Waals surface area contributed by atoms with Gasteiger partial charge < -0.3 is 10.1 Å². The van der Waals surface area contributed by atoms with Gasteiger partial charge in [0.25, 0.3) is 0 Å². The first-order chi connectivity index (χ1) is 8.67. The maximum Gasteiger partial charge on any atom is 0.0587 e. The summed E-state index contributed by atoms with van der Waals surface area (Å²) >= 11 is 1.92. The minimum absolute atomic E-state index is 0.465. The highest BCUT2D eigenvalue weighted by Crippen LogP contribution is 2.19. The lowest BCUT2D eigenvalue weighted by molar-refractivity contribution is -0.00156. The van der Waals surface area contributed by atoms with E-state index in [1.807, 2.05) is 11.3 Å². The molecule has 1 fully saturated rings. The van der Waals surface area contributed by atoms with E-state index in [4.69, 9.17) is 4.74 Å². The summed E-state index contributed by atoms with van der Waals surface area (Å²) in [5.74, 6) is 0. The smallest absolute Gasteiger partial charge is 0.0587 e. The number of aryl methyl sites for hydroxylation is 1. The molecule has 102 valence electrons. The molecule has 0 spiro atoms. The van der Waals surface area contributed by atoms with E-state index in [9.17, 15) is 0 Å². The van der Waals surface area contributed by atoms with Gasteiger partial charge in [-0.1, -0.05) is 6.92 Å². The Morgan fingerprint density at radius 1 is 1.50 bits per heavy atom. The third-order valence-electron chi connectivity index (χ3n) is 3.65. The molecule has 3 heteroatoms. The average molecular weight is 267 g/mol. The molecule has 1 saturated heterocycles. The Balaban J connectivity index is 1.78. The molecule has 1 aliphatic rings. The van der Waals surface area contributed by atoms with E-state index in [1.54, 1.807) is 0 Å². The van der Waals surface area contributed by atoms with Gasteiger partial charge in [-0.25, -0.2) is 0 Å². The van der Waals surface area contributed by atoms with Crippen molar-refractivity contribution in [2.24, 2.45) is 0 Å². The van der Waals surface area contributed by atoms with Gasteiger partial charge in [0.15, 0.2) is 0 Å². The molecule has 2 heterocycles. The van der Waals surface area contributed by atoms with Crippen LogP contribution in [0.2, 0.25) is 0 Å². The van der Waals surface area contributed by atoms with Crippen LogP contribution < -0.4 is 5.32 Å². The number of ether oxygens (including phenoxy) is 1. The average Bonchev–Trinajstić information content (AvgIpc) is 2.74. The van der Waals surface area contributed by atoms with Gasteiger partial charge in [-0.15, -0.1) is 11.3 Å². The third-order valence-corrected chi connectivity index (χ3v) is 4.67. The molecule has 0 aliphatic carbocycles. The first-order valence-corrected chi connectivity index (χ1v) is 7.92. The SMILES string of the molecule is CCC1CC(NC(C)Cc2ccc(C)s2)CCO1. The predicted octanol–water partition coefficient (Wildman–Crippen LogP) is 3.53. The zero-order valence-electron chi connectivity index (χ0n) is 11.7. The quantitative estimate of drug-likeness (QED) is 0.881. The van der Waals surface area contributed by atoms with E-state index < -0.39 is 0 Å². The standard InChI is InChI=1S/C15H25NOS/c1-4-14-10-13(7-8-17-14)16-11(2)9-15-6-5-12(3)18-15/h5-6,11,13-14,16H,4,7-10H2,1-3H3. The summed E-state index contributed by atoms with van der Waals surface area (Å²) in [4.78, 5) is 2.90. The summed E-state index contributed by atoms with van der Waals surface area (Å²) in [6, 6.07) is 5.68. The largest absolute Gasteiger partial charge is 0.378 e. The van der Waals surface area contributed by atoms with Gasteiger partial charge in [-0.2, -0.15) is 0 Å². The van der Waals surface area contributed by atoms with Crippen LogP contribution in [0.5, 0.6) is 0 Å². The second kappa shape index (κ2) is 6.69. The van der Waals surface area contributed by atoms with Crippen molar-refractivity contribution in [2.45, 2.75) is 64.6 Å². The maximum absolute atomic E-state index is 5.72. The zero-order chi connectivity index (χ0) is 13.0. The van der Waals surface area contributed by atoms with Crippen molar-refractivity contribution in [1.82, 2.24) is 5.32 Å². The van der Waals surface area contributed by atoms with Gasteiger partial charge in [-0.3, -0.25) is 0 Å². The Labute approximate surface area is 115 Å². The first-order valence-electron chi connectivity index (χ1n) is 7.10. The second-order valence-corrected chi connectivity index (χ2v) is 6.78. The highest BCUT2D eigenvalue weighted by atomic mass is 32.1. The summed E-state index contributed by atoms with van der Waals surface area (Å²) in [6.07, 6.45) is 5.07. The highest BCUT2D eigenvalue weighted by Gasteiger charge is 2.22. The number of hydrogen-bond donors (Lipinski definition) is 1. The number of rotatable bonds is 5. The molecular formula is C15H25NOS. The van der Waals surface area contributed by atoms with Gasteiger partial charge >= 0.3 is 0 Å². The molecule has 2 rings (SSSR count). The number of nitrogens with one attached hydrogen (secondary N) is 1. The van der Waals surface area contributed by atoms with Crippen LogP contribution in [0.3, 0.4) is 0 Å². The van der Waals surface area contributed by atoms with Crippen molar-refractivity contribution in [3.63, 3.8) is 0 Å². The molecule has 0 bridgehead atoms. The fourth-order valence-electron chi connectivity index (χ4n) is 2.67. The van der Waals surface area contributed by atoms with Crippen LogP contribution in [-0.4, -0.2) is 24.8 Å². The Morgan fingerprint density at radius 3 is 3.00 bits per heavy atom. The van der Waals surface area contributed by atoms with E-state index in [0.29, 0.717) is 18.2 Å². The summed E-state index contributed by atoms with van der Waals surface area (Å²) in [5.41, 5.74) is 0. The Hall–Kier alpha value is -0.380. The van der Waals surface area contributed by atoms with Crippen LogP contribution in [0.1, 0.15) is 42.9 Å². The summed E-state index contributed by atoms with van der Waals surface area (Å²) in [5, 5.41) is 3.77. The number of thiophene rings is 1. The molecule has 1 aromatic rings. The van der Waals surface area contributed by atoms with Gasteiger partial charge in [0.2, 0.25) is 0 Å². The van der Waals surface area contributed by atoms with Gasteiger partial charge in [0.1, 0.15) is 0 Å². The Morgan fingerprint density at radius 2 is 2.33 bits per heavy atom. The van der Waals surface area contributed by atoms with Crippen molar-refractivity contribution in [1.29, 1.82) is 0 Å². The van der Waals surface area contributed by atoms with Crippen molar-refractivity contribution in [3.05, 3.63) is 21.9 Å². The van der Waals surface area contributed by atoms with Crippen LogP contribution in [0.4, 0.5) is 0 Å². The van der Waals surface area contributed by atoms with Crippen LogP contribution in [0, 0.1) is 6.92 Å². The fraction of sp³-hybridized carbons (Fsp3) is 0.733. The van der Waals surface area contributed by atoms with Gasteiger partial charge in [0.05, 0.1) is 6.10 Å². The molecule has 0 aromatic carbocycles. The molecule has 0 radical (unpaired) electrons. The van der Waals surface area contributed by atoms with Gasteiger partial charge in [-0.05, 0) is 51.7 Å². The summed E-state index contributed by atoms with van der Waals surface area (Å²) in [6.45, 7) is 7.61. The number of hydrogen-bond acceptors (Lipinski definition) is 3. The van der Waals surface area contributed by atoms with Crippen LogP contribution in [0.15, 0.2) is 12.1 Å². The van der Waals surface area contributed by atoms with E-state index in [0.717, 1.165) is 25.9 Å². The molecule has 3 unspecified atom stereocenters. The first kappa shape index (κ1) is 14.0. The molecule has 0 saturated carbocycles. The lowest BCUT2D eigenvalue weighted by atomic mass is 10.0. The lowest BCUT2D eigenvalue weighted by Gasteiger charge is -2.31. The molecule has 1 aromatic heterocycles. The molecule has 1 N–H and O–H groups in total. The Kier molecular flexibility index (Phi) is 5.22. The van der Waals surface area contributed by atoms with Crippen LogP contribution in [-0.2, 0) is 11.2 Å². The predicted molar refractivity (Wildman–Crippen MR) is 78.4 cm³/mol. The molecule has 3 atom stereocenters. The molecule has 18 heavy (non-hydrogen) atoms. The topological polar surface area (TPSA) is 21.3 Å². The van der Waals surface area contributed by atoms with Crippen LogP contribution in [0.25, 0.3) is 0 Å². The van der Waals surface area contributed by atoms with Crippen molar-refractivity contribution in [3.8, 4) is 0 Å². The normalized spacial score (nSPS) is 26.2. The molecule has 1 aliphatic heterocycles. The van der Waals surface area contributed by atoms with Crippen molar-refractivity contribution >= 4 is 11.3 Å². The van der Waals surface area contributed by atoms with E-state index in [1.165, 1.54) is 16.2 Å². The zero-order valence-corrected chi connectivity index (χ0v) is 12.6. The molecule has 0 amide bonds. The summed E-state index contributed by atoms with van der Waals surface area (Å²) in [7, 11) is 0. The Bertz CT molecular complexity index is 363. The van der Waals surface area contributed by atoms with Crippen LogP contribution >= 0.6 is 11.3 Å². The van der Waals surface area contributed by atoms with Crippen molar-refractivity contribution in [2.75, 3.05) is 6.61 Å². The van der Waals surface area contributed by atoms with Crippen molar-refractivity contribution < 1.29 is 4.74 Å². The van der Waals surface area contributed by atoms with E-state index in [-0.39, 0.29) is 0 Å². The molecular weight excluding hydrogens is 242 g/mol. The monoisotopic (exact) mass is 267 g/mol. The van der Waals surface area contributed by atoms with E-state index >= 15 is 0 Å². The lowest BCUT2D eigenvalue weighted by Crippen LogP contribution is -2.43. The summed E-state index contributed by atoms with van der Waals surface area (Å²) < 4.78 is 5.72. The fourth-order valence-corrected chi connectivity index (χ4v) is 3.69. The third kappa shape index (κ3) is 4.08. The van der Waals surface area contributed by atoms with E-state index in [2.05, 4.69) is 38.2 Å². The minimum Gasteiger partial charge on any atom is -0.378 e.